The molecule has 0 saturated carbocycles. The summed E-state index contributed by atoms with van der Waals surface area (Å²) < 4.78 is 0. The molecule has 1 aromatic carbocycles. The average molecular weight is 183 g/mol. The van der Waals surface area contributed by atoms with Gasteiger partial charge < -0.3 is 4.98 Å². The fraction of sp³-hybridized carbons (Fsp3) is 0.0833. The number of H-pyrrole nitrogens is 1. The first-order valence-electron chi connectivity index (χ1n) is 4.36. The standard InChI is InChI=1S/C12H9NO/c1-2-5-10-8-9-6-3-4-7-11(9)13-12(10)14/h3-4,6-8H,1H3,(H,13,14). The number of hydrogen-bond acceptors (Lipinski definition) is 1. The monoisotopic (exact) mass is 183 g/mol. The van der Waals surface area contributed by atoms with E-state index in [1.807, 2.05) is 30.3 Å². The quantitative estimate of drug-likeness (QED) is 0.622. The second-order valence-corrected chi connectivity index (χ2v) is 2.97. The van der Waals surface area contributed by atoms with Crippen LogP contribution in [-0.4, -0.2) is 4.98 Å². The van der Waals surface area contributed by atoms with E-state index in [1.54, 1.807) is 6.92 Å². The molecule has 14 heavy (non-hydrogen) atoms. The van der Waals surface area contributed by atoms with Gasteiger partial charge in [-0.1, -0.05) is 24.1 Å². The number of aromatic amines is 1. The molecule has 0 amide bonds. The molecule has 2 nitrogen and oxygen atoms in total. The highest BCUT2D eigenvalue weighted by Crippen LogP contribution is 2.09. The lowest BCUT2D eigenvalue weighted by Gasteiger charge is -1.96. The molecule has 0 unspecified atom stereocenters. The predicted octanol–water partition coefficient (Wildman–Crippen LogP) is 1.90. The number of fused-ring (bicyclic) bond motifs is 1. The Balaban J connectivity index is 2.82. The van der Waals surface area contributed by atoms with Crippen LogP contribution in [-0.2, 0) is 0 Å². The number of para-hydroxylation sites is 1. The highest BCUT2D eigenvalue weighted by Gasteiger charge is 1.98. The molecule has 0 aliphatic rings. The van der Waals surface area contributed by atoms with E-state index < -0.39 is 0 Å². The Bertz CT molecular complexity index is 584. The van der Waals surface area contributed by atoms with Gasteiger partial charge in [-0.15, -0.1) is 5.92 Å². The summed E-state index contributed by atoms with van der Waals surface area (Å²) in [5.41, 5.74) is 1.24. The summed E-state index contributed by atoms with van der Waals surface area (Å²) in [4.78, 5) is 14.3. The van der Waals surface area contributed by atoms with Gasteiger partial charge in [0.15, 0.2) is 0 Å². The average Bonchev–Trinajstić information content (AvgIpc) is 2.19. The van der Waals surface area contributed by atoms with Gasteiger partial charge in [0, 0.05) is 5.52 Å². The third kappa shape index (κ3) is 1.40. The molecule has 0 radical (unpaired) electrons. The number of rotatable bonds is 0. The van der Waals surface area contributed by atoms with Crippen molar-refractivity contribution in [2.75, 3.05) is 0 Å². The normalized spacial score (nSPS) is 9.50. The molecule has 1 N–H and O–H groups in total. The summed E-state index contributed by atoms with van der Waals surface area (Å²) in [6.45, 7) is 1.72. The van der Waals surface area contributed by atoms with Crippen LogP contribution in [0.5, 0.6) is 0 Å². The molecule has 0 spiro atoms. The zero-order valence-corrected chi connectivity index (χ0v) is 7.79. The van der Waals surface area contributed by atoms with Crippen molar-refractivity contribution in [2.24, 2.45) is 0 Å². The Kier molecular flexibility index (Phi) is 2.08. The lowest BCUT2D eigenvalue weighted by Crippen LogP contribution is -2.09. The molecule has 0 atom stereocenters. The van der Waals surface area contributed by atoms with Gasteiger partial charge >= 0.3 is 0 Å². The van der Waals surface area contributed by atoms with Crippen molar-refractivity contribution >= 4 is 10.9 Å². The number of nitrogens with one attached hydrogen (secondary N) is 1. The van der Waals surface area contributed by atoms with E-state index in [4.69, 9.17) is 0 Å². The molecule has 0 aliphatic heterocycles. The molecular weight excluding hydrogens is 174 g/mol. The minimum absolute atomic E-state index is 0.127. The van der Waals surface area contributed by atoms with E-state index in [0.717, 1.165) is 10.9 Å². The van der Waals surface area contributed by atoms with E-state index in [0.29, 0.717) is 5.56 Å². The van der Waals surface area contributed by atoms with Crippen LogP contribution in [0.3, 0.4) is 0 Å². The molecule has 1 aromatic heterocycles. The fourth-order valence-corrected chi connectivity index (χ4v) is 1.37. The Morgan fingerprint density at radius 3 is 2.86 bits per heavy atom. The van der Waals surface area contributed by atoms with Crippen LogP contribution in [0.4, 0.5) is 0 Å². The molecule has 2 rings (SSSR count). The highest BCUT2D eigenvalue weighted by atomic mass is 16.1. The number of pyridine rings is 1. The van der Waals surface area contributed by atoms with E-state index in [2.05, 4.69) is 16.8 Å². The topological polar surface area (TPSA) is 32.9 Å². The molecule has 2 heteroatoms. The van der Waals surface area contributed by atoms with Gasteiger partial charge in [0.05, 0.1) is 5.56 Å². The Hall–Kier alpha value is -2.01. The Morgan fingerprint density at radius 1 is 1.29 bits per heavy atom. The second kappa shape index (κ2) is 3.39. The lowest BCUT2D eigenvalue weighted by atomic mass is 10.1. The van der Waals surface area contributed by atoms with Crippen molar-refractivity contribution in [3.63, 3.8) is 0 Å². The molecule has 2 aromatic rings. The van der Waals surface area contributed by atoms with E-state index in [9.17, 15) is 4.79 Å². The summed E-state index contributed by atoms with van der Waals surface area (Å²) >= 11 is 0. The highest BCUT2D eigenvalue weighted by molar-refractivity contribution is 5.79. The largest absolute Gasteiger partial charge is 0.321 e. The van der Waals surface area contributed by atoms with Crippen LogP contribution in [0.2, 0.25) is 0 Å². The van der Waals surface area contributed by atoms with Crippen molar-refractivity contribution < 1.29 is 0 Å². The van der Waals surface area contributed by atoms with Crippen molar-refractivity contribution in [1.29, 1.82) is 0 Å². The third-order valence-corrected chi connectivity index (χ3v) is 2.01. The van der Waals surface area contributed by atoms with E-state index in [-0.39, 0.29) is 5.56 Å². The Morgan fingerprint density at radius 2 is 2.07 bits per heavy atom. The predicted molar refractivity (Wildman–Crippen MR) is 57.1 cm³/mol. The SMILES string of the molecule is CC#Cc1cc2ccccc2[nH]c1=O. The molecule has 1 heterocycles. The zero-order chi connectivity index (χ0) is 9.97. The van der Waals surface area contributed by atoms with Gasteiger partial charge in [-0.05, 0) is 24.4 Å². The van der Waals surface area contributed by atoms with Gasteiger partial charge in [-0.2, -0.15) is 0 Å². The second-order valence-electron chi connectivity index (χ2n) is 2.97. The van der Waals surface area contributed by atoms with Crippen LogP contribution in [0.1, 0.15) is 12.5 Å². The lowest BCUT2D eigenvalue weighted by molar-refractivity contribution is 1.29. The van der Waals surface area contributed by atoms with Gasteiger partial charge in [0.25, 0.3) is 5.56 Å². The molecule has 0 fully saturated rings. The maximum atomic E-state index is 11.5. The molecule has 0 saturated heterocycles. The van der Waals surface area contributed by atoms with Crippen molar-refractivity contribution in [1.82, 2.24) is 4.98 Å². The first-order valence-corrected chi connectivity index (χ1v) is 4.36. The van der Waals surface area contributed by atoms with Gasteiger partial charge in [0.2, 0.25) is 0 Å². The molecule has 68 valence electrons. The third-order valence-electron chi connectivity index (χ3n) is 2.01. The van der Waals surface area contributed by atoms with Gasteiger partial charge in [0.1, 0.15) is 0 Å². The summed E-state index contributed by atoms with van der Waals surface area (Å²) in [7, 11) is 0. The summed E-state index contributed by atoms with van der Waals surface area (Å²) in [6.07, 6.45) is 0. The minimum atomic E-state index is -0.127. The Labute approximate surface area is 81.6 Å². The molecule has 0 bridgehead atoms. The number of benzene rings is 1. The van der Waals surface area contributed by atoms with Crippen LogP contribution in [0.15, 0.2) is 35.1 Å². The minimum Gasteiger partial charge on any atom is -0.321 e. The summed E-state index contributed by atoms with van der Waals surface area (Å²) in [5, 5.41) is 1.00. The van der Waals surface area contributed by atoms with E-state index >= 15 is 0 Å². The molecule has 0 aliphatic carbocycles. The van der Waals surface area contributed by atoms with E-state index in [1.165, 1.54) is 0 Å². The maximum Gasteiger partial charge on any atom is 0.264 e. The van der Waals surface area contributed by atoms with Gasteiger partial charge in [-0.25, -0.2) is 0 Å². The number of hydrogen-bond donors (Lipinski definition) is 1. The van der Waals surface area contributed by atoms with Crippen molar-refractivity contribution in [3.05, 3.63) is 46.2 Å². The smallest absolute Gasteiger partial charge is 0.264 e. The van der Waals surface area contributed by atoms with Crippen LogP contribution < -0.4 is 5.56 Å². The maximum absolute atomic E-state index is 11.5. The van der Waals surface area contributed by atoms with Gasteiger partial charge in [-0.3, -0.25) is 4.79 Å². The van der Waals surface area contributed by atoms with Crippen LogP contribution >= 0.6 is 0 Å². The zero-order valence-electron chi connectivity index (χ0n) is 7.79. The van der Waals surface area contributed by atoms with Crippen LogP contribution in [0.25, 0.3) is 10.9 Å². The van der Waals surface area contributed by atoms with Crippen LogP contribution in [0, 0.1) is 11.8 Å². The summed E-state index contributed by atoms with van der Waals surface area (Å²) in [5.74, 6) is 5.49. The first kappa shape index (κ1) is 8.58. The number of aromatic nitrogens is 1. The molecular formula is C12H9NO. The first-order chi connectivity index (χ1) is 6.81. The fourth-order valence-electron chi connectivity index (χ4n) is 1.37. The summed E-state index contributed by atoms with van der Waals surface area (Å²) in [6, 6.07) is 9.46. The van der Waals surface area contributed by atoms with Crippen molar-refractivity contribution in [2.45, 2.75) is 6.92 Å². The van der Waals surface area contributed by atoms with Crippen molar-refractivity contribution in [3.8, 4) is 11.8 Å².